The SMILES string of the molecule is CCOc1ccc(N2C(=O)CC(N(Cc3ccc(S(N)(=O)=O)cc3)C(=O)CC)C2=O)cc1. The number of benzene rings is 2. The Labute approximate surface area is 186 Å². The molecule has 1 heterocycles. The largest absolute Gasteiger partial charge is 0.494 e. The molecule has 3 rings (SSSR count). The predicted octanol–water partition coefficient (Wildman–Crippen LogP) is 1.80. The zero-order chi connectivity index (χ0) is 23.5. The standard InChI is InChI=1S/C22H25N3O6S/c1-3-20(26)24(14-15-5-11-18(12-6-15)32(23,29)30)19-13-21(27)25(22(19)28)16-7-9-17(10-8-16)31-4-2/h5-12,19H,3-4,13-14H2,1-2H3,(H2,23,29,30). The van der Waals surface area contributed by atoms with Gasteiger partial charge in [-0.3, -0.25) is 14.4 Å². The molecule has 2 aromatic rings. The number of nitrogens with zero attached hydrogens (tertiary/aromatic N) is 2. The molecule has 0 aliphatic carbocycles. The number of ether oxygens (including phenoxy) is 1. The molecule has 3 amide bonds. The molecule has 1 aliphatic rings. The molecule has 170 valence electrons. The van der Waals surface area contributed by atoms with E-state index in [2.05, 4.69) is 0 Å². The van der Waals surface area contributed by atoms with Crippen molar-refractivity contribution in [2.75, 3.05) is 11.5 Å². The van der Waals surface area contributed by atoms with Crippen LogP contribution in [-0.4, -0.2) is 43.7 Å². The van der Waals surface area contributed by atoms with Crippen molar-refractivity contribution in [2.24, 2.45) is 5.14 Å². The summed E-state index contributed by atoms with van der Waals surface area (Å²) >= 11 is 0. The summed E-state index contributed by atoms with van der Waals surface area (Å²) in [6.45, 7) is 4.08. The van der Waals surface area contributed by atoms with Gasteiger partial charge in [0.2, 0.25) is 21.8 Å². The number of carbonyl (C=O) groups is 3. The van der Waals surface area contributed by atoms with Crippen LogP contribution >= 0.6 is 0 Å². The fourth-order valence-corrected chi connectivity index (χ4v) is 4.06. The topological polar surface area (TPSA) is 127 Å². The summed E-state index contributed by atoms with van der Waals surface area (Å²) in [6, 6.07) is 11.4. The number of hydrogen-bond acceptors (Lipinski definition) is 6. The lowest BCUT2D eigenvalue weighted by atomic mass is 10.1. The summed E-state index contributed by atoms with van der Waals surface area (Å²) in [5.74, 6) is -0.553. The van der Waals surface area contributed by atoms with E-state index >= 15 is 0 Å². The van der Waals surface area contributed by atoms with Gasteiger partial charge in [-0.25, -0.2) is 18.5 Å². The summed E-state index contributed by atoms with van der Waals surface area (Å²) in [5.41, 5.74) is 1.02. The Bertz CT molecular complexity index is 1110. The highest BCUT2D eigenvalue weighted by Crippen LogP contribution is 2.28. The van der Waals surface area contributed by atoms with Crippen LogP contribution in [0.1, 0.15) is 32.3 Å². The maximum Gasteiger partial charge on any atom is 0.257 e. The molecule has 2 aromatic carbocycles. The maximum atomic E-state index is 13.1. The van der Waals surface area contributed by atoms with Gasteiger partial charge in [-0.15, -0.1) is 0 Å². The van der Waals surface area contributed by atoms with Crippen LogP contribution in [0, 0.1) is 0 Å². The zero-order valence-electron chi connectivity index (χ0n) is 17.9. The summed E-state index contributed by atoms with van der Waals surface area (Å²) < 4.78 is 28.3. The number of nitrogens with two attached hydrogens (primary N) is 1. The van der Waals surface area contributed by atoms with Crippen molar-refractivity contribution in [3.8, 4) is 5.75 Å². The second-order valence-electron chi connectivity index (χ2n) is 7.28. The van der Waals surface area contributed by atoms with Gasteiger partial charge in [-0.1, -0.05) is 19.1 Å². The van der Waals surface area contributed by atoms with Crippen LogP contribution in [0.15, 0.2) is 53.4 Å². The third-order valence-electron chi connectivity index (χ3n) is 5.13. The molecule has 10 heteroatoms. The number of anilines is 1. The van der Waals surface area contributed by atoms with Gasteiger partial charge in [-0.05, 0) is 48.9 Å². The Morgan fingerprint density at radius 3 is 2.25 bits per heavy atom. The Kier molecular flexibility index (Phi) is 6.95. The number of sulfonamides is 1. The molecular weight excluding hydrogens is 434 g/mol. The first-order valence-corrected chi connectivity index (χ1v) is 11.7. The van der Waals surface area contributed by atoms with E-state index in [1.165, 1.54) is 29.2 Å². The molecular formula is C22H25N3O6S. The van der Waals surface area contributed by atoms with Crippen molar-refractivity contribution in [1.29, 1.82) is 0 Å². The minimum Gasteiger partial charge on any atom is -0.494 e. The summed E-state index contributed by atoms with van der Waals surface area (Å²) in [4.78, 5) is 40.9. The summed E-state index contributed by atoms with van der Waals surface area (Å²) in [6.07, 6.45) is 0.0172. The van der Waals surface area contributed by atoms with Gasteiger partial charge < -0.3 is 9.64 Å². The average Bonchev–Trinajstić information content (AvgIpc) is 3.05. The molecule has 1 atom stereocenters. The van der Waals surface area contributed by atoms with Gasteiger partial charge in [0.25, 0.3) is 5.91 Å². The number of imide groups is 1. The minimum atomic E-state index is -3.84. The Balaban J connectivity index is 1.84. The van der Waals surface area contributed by atoms with Crippen molar-refractivity contribution < 1.29 is 27.5 Å². The lowest BCUT2D eigenvalue weighted by molar-refractivity contribution is -0.138. The van der Waals surface area contributed by atoms with Crippen molar-refractivity contribution in [3.05, 3.63) is 54.1 Å². The van der Waals surface area contributed by atoms with E-state index < -0.39 is 27.9 Å². The van der Waals surface area contributed by atoms with Gasteiger partial charge in [0, 0.05) is 13.0 Å². The minimum absolute atomic E-state index is 0.0524. The number of rotatable bonds is 8. The van der Waals surface area contributed by atoms with Crippen LogP contribution in [0.2, 0.25) is 0 Å². The normalized spacial score (nSPS) is 16.3. The third kappa shape index (κ3) is 4.97. The Morgan fingerprint density at radius 1 is 1.09 bits per heavy atom. The van der Waals surface area contributed by atoms with E-state index in [0.717, 1.165) is 4.90 Å². The molecule has 1 unspecified atom stereocenters. The van der Waals surface area contributed by atoms with Gasteiger partial charge >= 0.3 is 0 Å². The van der Waals surface area contributed by atoms with E-state index in [1.54, 1.807) is 31.2 Å². The van der Waals surface area contributed by atoms with Crippen LogP contribution < -0.4 is 14.8 Å². The second kappa shape index (κ2) is 9.49. The first-order chi connectivity index (χ1) is 15.2. The number of primary sulfonamides is 1. The highest BCUT2D eigenvalue weighted by Gasteiger charge is 2.44. The highest BCUT2D eigenvalue weighted by atomic mass is 32.2. The molecule has 0 aromatic heterocycles. The molecule has 0 spiro atoms. The molecule has 1 saturated heterocycles. The van der Waals surface area contributed by atoms with Crippen molar-refractivity contribution in [2.45, 2.75) is 44.2 Å². The van der Waals surface area contributed by atoms with E-state index in [1.807, 2.05) is 6.92 Å². The molecule has 9 nitrogen and oxygen atoms in total. The van der Waals surface area contributed by atoms with E-state index in [-0.39, 0.29) is 30.2 Å². The van der Waals surface area contributed by atoms with Crippen LogP contribution in [-0.2, 0) is 31.0 Å². The van der Waals surface area contributed by atoms with Gasteiger partial charge in [0.1, 0.15) is 11.8 Å². The number of carbonyl (C=O) groups excluding carboxylic acids is 3. The van der Waals surface area contributed by atoms with Gasteiger partial charge in [0.05, 0.1) is 23.6 Å². The summed E-state index contributed by atoms with van der Waals surface area (Å²) in [7, 11) is -3.84. The van der Waals surface area contributed by atoms with E-state index in [9.17, 15) is 22.8 Å². The smallest absolute Gasteiger partial charge is 0.257 e. The fraction of sp³-hybridized carbons (Fsp3) is 0.318. The molecule has 2 N–H and O–H groups in total. The first-order valence-electron chi connectivity index (χ1n) is 10.2. The van der Waals surface area contributed by atoms with Crippen molar-refractivity contribution in [3.63, 3.8) is 0 Å². The number of amides is 3. The monoisotopic (exact) mass is 459 g/mol. The number of hydrogen-bond donors (Lipinski definition) is 1. The average molecular weight is 460 g/mol. The van der Waals surface area contributed by atoms with Crippen LogP contribution in [0.3, 0.4) is 0 Å². The molecule has 0 bridgehead atoms. The quantitative estimate of drug-likeness (QED) is 0.600. The van der Waals surface area contributed by atoms with Gasteiger partial charge in [0.15, 0.2) is 0 Å². The molecule has 0 saturated carbocycles. The van der Waals surface area contributed by atoms with Crippen LogP contribution in [0.5, 0.6) is 5.75 Å². The molecule has 1 aliphatic heterocycles. The highest BCUT2D eigenvalue weighted by molar-refractivity contribution is 7.89. The van der Waals surface area contributed by atoms with E-state index in [0.29, 0.717) is 23.6 Å². The van der Waals surface area contributed by atoms with E-state index in [4.69, 9.17) is 9.88 Å². The Hall–Kier alpha value is -3.24. The Morgan fingerprint density at radius 2 is 1.72 bits per heavy atom. The maximum absolute atomic E-state index is 13.1. The lowest BCUT2D eigenvalue weighted by Gasteiger charge is -2.27. The second-order valence-corrected chi connectivity index (χ2v) is 8.84. The lowest BCUT2D eigenvalue weighted by Crippen LogP contribution is -2.44. The first kappa shape index (κ1) is 23.4. The van der Waals surface area contributed by atoms with Crippen LogP contribution in [0.25, 0.3) is 0 Å². The fourth-order valence-electron chi connectivity index (χ4n) is 3.55. The van der Waals surface area contributed by atoms with Crippen molar-refractivity contribution in [1.82, 2.24) is 4.90 Å². The molecule has 32 heavy (non-hydrogen) atoms. The summed E-state index contributed by atoms with van der Waals surface area (Å²) in [5, 5.41) is 5.12. The van der Waals surface area contributed by atoms with Crippen LogP contribution in [0.4, 0.5) is 5.69 Å². The molecule has 1 fully saturated rings. The predicted molar refractivity (Wildman–Crippen MR) is 117 cm³/mol. The van der Waals surface area contributed by atoms with Gasteiger partial charge in [-0.2, -0.15) is 0 Å². The van der Waals surface area contributed by atoms with Crippen molar-refractivity contribution >= 4 is 33.4 Å². The third-order valence-corrected chi connectivity index (χ3v) is 6.06. The molecule has 0 radical (unpaired) electrons. The zero-order valence-corrected chi connectivity index (χ0v) is 18.7.